The Balaban J connectivity index is 2.07. The van der Waals surface area contributed by atoms with Gasteiger partial charge in [0.05, 0.1) is 10.8 Å². The summed E-state index contributed by atoms with van der Waals surface area (Å²) in [5.41, 5.74) is 0.645. The first-order valence-corrected chi connectivity index (χ1v) is 5.83. The molecule has 1 aromatic rings. The molecule has 1 saturated heterocycles. The van der Waals surface area contributed by atoms with Crippen LogP contribution in [0.15, 0.2) is 18.7 Å². The van der Waals surface area contributed by atoms with Crippen LogP contribution in [0, 0.1) is 0 Å². The second-order valence-electron chi connectivity index (χ2n) is 3.35. The number of aromatic nitrogens is 2. The fraction of sp³-hybridized carbons (Fsp3) is 0.500. The summed E-state index contributed by atoms with van der Waals surface area (Å²) in [7, 11) is 0. The van der Waals surface area contributed by atoms with Gasteiger partial charge in [0.2, 0.25) is 0 Å². The van der Waals surface area contributed by atoms with Crippen molar-refractivity contribution >= 4 is 17.5 Å². The van der Waals surface area contributed by atoms with Crippen molar-refractivity contribution in [2.75, 3.05) is 5.75 Å². The third-order valence-corrected chi connectivity index (χ3v) is 3.69. The molecule has 1 atom stereocenters. The maximum Gasteiger partial charge on any atom is 0.178 e. The van der Waals surface area contributed by atoms with E-state index < -0.39 is 0 Å². The number of rotatable bonds is 2. The Morgan fingerprint density at radius 1 is 1.36 bits per heavy atom. The highest BCUT2D eigenvalue weighted by molar-refractivity contribution is 8.00. The Hall–Kier alpha value is -0.900. The zero-order chi connectivity index (χ0) is 9.80. The quantitative estimate of drug-likeness (QED) is 0.697. The average molecular weight is 208 g/mol. The average Bonchev–Trinajstić information content (AvgIpc) is 2.30. The third-order valence-electron chi connectivity index (χ3n) is 2.32. The number of carbonyl (C=O) groups is 1. The maximum atomic E-state index is 11.9. The molecular weight excluding hydrogens is 196 g/mol. The molecule has 0 aromatic carbocycles. The number of carbonyl (C=O) groups excluding carboxylic acids is 1. The van der Waals surface area contributed by atoms with E-state index in [0.717, 1.165) is 18.6 Å². The van der Waals surface area contributed by atoms with Crippen molar-refractivity contribution in [3.8, 4) is 0 Å². The maximum absolute atomic E-state index is 11.9. The van der Waals surface area contributed by atoms with E-state index in [1.807, 2.05) is 0 Å². The Morgan fingerprint density at radius 3 is 2.79 bits per heavy atom. The summed E-state index contributed by atoms with van der Waals surface area (Å²) in [5, 5.41) is 0.134. The highest BCUT2D eigenvalue weighted by atomic mass is 32.2. The minimum Gasteiger partial charge on any atom is -0.293 e. The number of nitrogens with zero attached hydrogens (tertiary/aromatic N) is 2. The molecule has 0 N–H and O–H groups in total. The molecule has 0 saturated carbocycles. The van der Waals surface area contributed by atoms with Gasteiger partial charge in [-0.3, -0.25) is 4.79 Å². The van der Waals surface area contributed by atoms with Gasteiger partial charge in [0.15, 0.2) is 5.78 Å². The third kappa shape index (κ3) is 2.12. The topological polar surface area (TPSA) is 42.9 Å². The summed E-state index contributed by atoms with van der Waals surface area (Å²) in [4.78, 5) is 19.6. The fourth-order valence-corrected chi connectivity index (χ4v) is 2.84. The summed E-state index contributed by atoms with van der Waals surface area (Å²) in [6.07, 6.45) is 8.05. The second kappa shape index (κ2) is 4.55. The van der Waals surface area contributed by atoms with Gasteiger partial charge >= 0.3 is 0 Å². The van der Waals surface area contributed by atoms with Crippen molar-refractivity contribution in [3.63, 3.8) is 0 Å². The molecule has 1 aromatic heterocycles. The van der Waals surface area contributed by atoms with Crippen LogP contribution in [0.1, 0.15) is 29.6 Å². The minimum atomic E-state index is 0.134. The van der Waals surface area contributed by atoms with Crippen molar-refractivity contribution in [2.45, 2.75) is 24.5 Å². The molecule has 1 aliphatic rings. The zero-order valence-electron chi connectivity index (χ0n) is 7.85. The lowest BCUT2D eigenvalue weighted by Crippen LogP contribution is -2.21. The monoisotopic (exact) mass is 208 g/mol. The molecule has 1 fully saturated rings. The van der Waals surface area contributed by atoms with Crippen LogP contribution in [0.2, 0.25) is 0 Å². The Kier molecular flexibility index (Phi) is 3.14. The van der Waals surface area contributed by atoms with Crippen molar-refractivity contribution in [3.05, 3.63) is 24.3 Å². The number of hydrogen-bond acceptors (Lipinski definition) is 4. The Bertz CT molecular complexity index is 309. The van der Waals surface area contributed by atoms with Gasteiger partial charge in [0.25, 0.3) is 0 Å². The highest BCUT2D eigenvalue weighted by Crippen LogP contribution is 2.27. The summed E-state index contributed by atoms with van der Waals surface area (Å²) in [6.45, 7) is 0. The number of ketones is 1. The van der Waals surface area contributed by atoms with Gasteiger partial charge in [0.1, 0.15) is 6.33 Å². The smallest absolute Gasteiger partial charge is 0.178 e. The van der Waals surface area contributed by atoms with Crippen LogP contribution in [0.5, 0.6) is 0 Å². The van der Waals surface area contributed by atoms with Crippen molar-refractivity contribution in [1.29, 1.82) is 0 Å². The first kappa shape index (κ1) is 9.65. The van der Waals surface area contributed by atoms with Gasteiger partial charge in [-0.05, 0) is 18.6 Å². The van der Waals surface area contributed by atoms with Gasteiger partial charge in [-0.15, -0.1) is 0 Å². The molecule has 0 aliphatic carbocycles. The summed E-state index contributed by atoms with van der Waals surface area (Å²) in [6, 6.07) is 0. The molecule has 1 unspecified atom stereocenters. The van der Waals surface area contributed by atoms with Crippen molar-refractivity contribution < 1.29 is 4.79 Å². The van der Waals surface area contributed by atoms with Gasteiger partial charge in [-0.1, -0.05) is 6.42 Å². The molecule has 74 valence electrons. The molecule has 4 heteroatoms. The summed E-state index contributed by atoms with van der Waals surface area (Å²) < 4.78 is 0. The second-order valence-corrected chi connectivity index (χ2v) is 4.66. The molecule has 2 heterocycles. The molecule has 14 heavy (non-hydrogen) atoms. The van der Waals surface area contributed by atoms with Gasteiger partial charge in [-0.25, -0.2) is 9.97 Å². The van der Waals surface area contributed by atoms with Crippen LogP contribution < -0.4 is 0 Å². The normalized spacial score (nSPS) is 21.9. The lowest BCUT2D eigenvalue weighted by Gasteiger charge is -2.19. The van der Waals surface area contributed by atoms with E-state index in [2.05, 4.69) is 9.97 Å². The molecule has 0 bridgehead atoms. The molecular formula is C10H12N2OS. The van der Waals surface area contributed by atoms with Crippen molar-refractivity contribution in [2.24, 2.45) is 0 Å². The SMILES string of the molecule is O=C(c1cncnc1)C1CCCCS1. The standard InChI is InChI=1S/C10H12N2OS/c13-10(8-5-11-7-12-6-8)9-3-1-2-4-14-9/h5-7,9H,1-4H2. The van der Waals surface area contributed by atoms with Gasteiger partial charge in [-0.2, -0.15) is 11.8 Å². The first-order valence-electron chi connectivity index (χ1n) is 4.79. The Morgan fingerprint density at radius 2 is 2.14 bits per heavy atom. The first-order chi connectivity index (χ1) is 6.88. The van der Waals surface area contributed by atoms with E-state index in [1.54, 1.807) is 24.2 Å². The predicted octanol–water partition coefficient (Wildman–Crippen LogP) is 1.95. The predicted molar refractivity (Wildman–Crippen MR) is 56.5 cm³/mol. The van der Waals surface area contributed by atoms with E-state index in [9.17, 15) is 4.79 Å². The van der Waals surface area contributed by atoms with E-state index in [1.165, 1.54) is 12.7 Å². The van der Waals surface area contributed by atoms with E-state index >= 15 is 0 Å². The highest BCUT2D eigenvalue weighted by Gasteiger charge is 2.22. The van der Waals surface area contributed by atoms with Crippen LogP contribution in [0.4, 0.5) is 0 Å². The van der Waals surface area contributed by atoms with Crippen LogP contribution in [0.3, 0.4) is 0 Å². The number of thioether (sulfide) groups is 1. The van der Waals surface area contributed by atoms with E-state index in [0.29, 0.717) is 5.56 Å². The molecule has 0 amide bonds. The summed E-state index contributed by atoms with van der Waals surface area (Å²) >= 11 is 1.76. The Labute approximate surface area is 87.3 Å². The fourth-order valence-electron chi connectivity index (χ4n) is 1.56. The van der Waals surface area contributed by atoms with Crippen LogP contribution in [0.25, 0.3) is 0 Å². The lowest BCUT2D eigenvalue weighted by molar-refractivity contribution is 0.0984. The van der Waals surface area contributed by atoms with Crippen LogP contribution >= 0.6 is 11.8 Å². The summed E-state index contributed by atoms with van der Waals surface area (Å²) in [5.74, 6) is 1.29. The molecule has 1 aliphatic heterocycles. The van der Waals surface area contributed by atoms with E-state index in [-0.39, 0.29) is 11.0 Å². The minimum absolute atomic E-state index is 0.134. The van der Waals surface area contributed by atoms with Crippen molar-refractivity contribution in [1.82, 2.24) is 9.97 Å². The van der Waals surface area contributed by atoms with Gasteiger partial charge in [0, 0.05) is 12.4 Å². The largest absolute Gasteiger partial charge is 0.293 e. The number of Topliss-reactive ketones (excluding diaryl/α,β-unsaturated/α-hetero) is 1. The lowest BCUT2D eigenvalue weighted by atomic mass is 10.1. The zero-order valence-corrected chi connectivity index (χ0v) is 8.67. The molecule has 0 spiro atoms. The number of hydrogen-bond donors (Lipinski definition) is 0. The molecule has 2 rings (SSSR count). The van der Waals surface area contributed by atoms with E-state index in [4.69, 9.17) is 0 Å². The van der Waals surface area contributed by atoms with Crippen LogP contribution in [-0.4, -0.2) is 26.8 Å². The molecule has 3 nitrogen and oxygen atoms in total. The molecule has 0 radical (unpaired) electrons. The van der Waals surface area contributed by atoms with Gasteiger partial charge < -0.3 is 0 Å². The van der Waals surface area contributed by atoms with Crippen LogP contribution in [-0.2, 0) is 0 Å².